The summed E-state index contributed by atoms with van der Waals surface area (Å²) in [6, 6.07) is 15.9. The summed E-state index contributed by atoms with van der Waals surface area (Å²) >= 11 is 0. The van der Waals surface area contributed by atoms with Crippen molar-refractivity contribution >= 4 is 5.69 Å². The van der Waals surface area contributed by atoms with Crippen LogP contribution in [-0.4, -0.2) is 43.6 Å². The number of hydrogen-bond donors (Lipinski definition) is 4. The van der Waals surface area contributed by atoms with Gasteiger partial charge in [-0.2, -0.15) is 0 Å². The van der Waals surface area contributed by atoms with Crippen molar-refractivity contribution in [3.8, 4) is 23.0 Å². The number of aliphatic hydroxyl groups is 3. The quantitative estimate of drug-likeness (QED) is 0.449. The van der Waals surface area contributed by atoms with Gasteiger partial charge in [-0.05, 0) is 61.6 Å². The van der Waals surface area contributed by atoms with Gasteiger partial charge in [-0.25, -0.2) is 4.98 Å². The minimum Gasteiger partial charge on any atom is -0.393 e. The van der Waals surface area contributed by atoms with Crippen molar-refractivity contribution in [2.24, 2.45) is 0 Å². The van der Waals surface area contributed by atoms with Crippen LogP contribution in [0.2, 0.25) is 0 Å². The Bertz CT molecular complexity index is 1080. The summed E-state index contributed by atoms with van der Waals surface area (Å²) < 4.78 is 1.70. The van der Waals surface area contributed by atoms with Crippen LogP contribution in [0.25, 0.3) is 11.1 Å². The third kappa shape index (κ3) is 5.03. The van der Waals surface area contributed by atoms with Crippen molar-refractivity contribution in [1.82, 2.24) is 9.55 Å². The molecule has 0 saturated heterocycles. The third-order valence-corrected chi connectivity index (χ3v) is 5.90. The molecule has 0 bridgehead atoms. The smallest absolute Gasteiger partial charge is 0.138 e. The lowest BCUT2D eigenvalue weighted by atomic mass is 10.0. The zero-order chi connectivity index (χ0) is 22.5. The van der Waals surface area contributed by atoms with Crippen molar-refractivity contribution in [3.63, 3.8) is 0 Å². The summed E-state index contributed by atoms with van der Waals surface area (Å²) in [5, 5.41) is 33.0. The van der Waals surface area contributed by atoms with Crippen molar-refractivity contribution in [2.75, 3.05) is 11.9 Å². The molecule has 4 atom stereocenters. The molecule has 32 heavy (non-hydrogen) atoms. The molecule has 1 aliphatic carbocycles. The van der Waals surface area contributed by atoms with E-state index in [1.807, 2.05) is 36.4 Å². The number of hydrogen-bond acceptors (Lipinski definition) is 5. The summed E-state index contributed by atoms with van der Waals surface area (Å²) in [5.41, 5.74) is 4.07. The lowest BCUT2D eigenvalue weighted by Gasteiger charge is -2.18. The molecule has 4 N–H and O–H groups in total. The maximum Gasteiger partial charge on any atom is 0.138 e. The highest BCUT2D eigenvalue weighted by molar-refractivity contribution is 5.67. The second kappa shape index (κ2) is 10.0. The van der Waals surface area contributed by atoms with E-state index in [2.05, 4.69) is 34.3 Å². The molecule has 1 aromatic heterocycles. The summed E-state index contributed by atoms with van der Waals surface area (Å²) in [7, 11) is 0. The standard InChI is InChI=1S/C26H29N3O3/c1-18(31)26-27-15-16-29(26)23(17-30)14-7-19-5-8-20(9-6-19)21-10-12-22(13-11-21)28-24-3-2-4-25(24)32/h5-6,8-13,15-16,18,23-25,28,30-32H,2-4,17H2,1H3/t18-,23-,24-,25-/m0/s1. The van der Waals surface area contributed by atoms with Crippen LogP contribution in [-0.2, 0) is 0 Å². The molecule has 0 unspecified atom stereocenters. The first-order valence-electron chi connectivity index (χ1n) is 11.0. The number of imidazole rings is 1. The minimum atomic E-state index is -0.732. The van der Waals surface area contributed by atoms with Gasteiger partial charge in [0, 0.05) is 23.6 Å². The fourth-order valence-corrected chi connectivity index (χ4v) is 4.11. The van der Waals surface area contributed by atoms with Crippen LogP contribution < -0.4 is 5.32 Å². The molecule has 3 aromatic rings. The molecule has 1 saturated carbocycles. The molecule has 1 fully saturated rings. The van der Waals surface area contributed by atoms with Crippen molar-refractivity contribution < 1.29 is 15.3 Å². The van der Waals surface area contributed by atoms with E-state index in [9.17, 15) is 15.3 Å². The maximum absolute atomic E-state index is 9.99. The van der Waals surface area contributed by atoms with Gasteiger partial charge in [0.05, 0.1) is 18.8 Å². The lowest BCUT2D eigenvalue weighted by Crippen LogP contribution is -2.27. The van der Waals surface area contributed by atoms with Crippen LogP contribution in [0.4, 0.5) is 5.69 Å². The second-order valence-corrected chi connectivity index (χ2v) is 8.24. The number of nitrogens with zero attached hydrogens (tertiary/aromatic N) is 2. The molecule has 1 aliphatic rings. The number of aromatic nitrogens is 2. The molecule has 4 rings (SSSR count). The Kier molecular flexibility index (Phi) is 6.91. The molecular weight excluding hydrogens is 402 g/mol. The van der Waals surface area contributed by atoms with Gasteiger partial charge in [0.25, 0.3) is 0 Å². The summed E-state index contributed by atoms with van der Waals surface area (Å²) in [5.74, 6) is 6.66. The Morgan fingerprint density at radius 2 is 1.78 bits per heavy atom. The zero-order valence-corrected chi connectivity index (χ0v) is 18.1. The Morgan fingerprint density at radius 3 is 2.38 bits per heavy atom. The van der Waals surface area contributed by atoms with Crippen LogP contribution >= 0.6 is 0 Å². The molecule has 2 aromatic carbocycles. The van der Waals surface area contributed by atoms with Crippen LogP contribution in [0.5, 0.6) is 0 Å². The molecule has 6 heteroatoms. The highest BCUT2D eigenvalue weighted by atomic mass is 16.3. The largest absolute Gasteiger partial charge is 0.393 e. The number of aliphatic hydroxyl groups excluding tert-OH is 3. The molecular formula is C26H29N3O3. The van der Waals surface area contributed by atoms with E-state index in [1.165, 1.54) is 0 Å². The van der Waals surface area contributed by atoms with Crippen LogP contribution in [0, 0.1) is 11.8 Å². The van der Waals surface area contributed by atoms with Gasteiger partial charge in [0.1, 0.15) is 18.0 Å². The van der Waals surface area contributed by atoms with E-state index in [1.54, 1.807) is 23.9 Å². The maximum atomic E-state index is 9.99. The van der Waals surface area contributed by atoms with E-state index in [4.69, 9.17) is 0 Å². The first kappa shape index (κ1) is 22.1. The highest BCUT2D eigenvalue weighted by Gasteiger charge is 2.24. The Labute approximate surface area is 188 Å². The number of anilines is 1. The van der Waals surface area contributed by atoms with Crippen molar-refractivity contribution in [2.45, 2.75) is 50.5 Å². The summed E-state index contributed by atoms with van der Waals surface area (Å²) in [4.78, 5) is 4.14. The average molecular weight is 432 g/mol. The van der Waals surface area contributed by atoms with Gasteiger partial charge in [-0.1, -0.05) is 36.1 Å². The minimum absolute atomic E-state index is 0.139. The average Bonchev–Trinajstić information content (AvgIpc) is 3.45. The van der Waals surface area contributed by atoms with Crippen LogP contribution in [0.3, 0.4) is 0 Å². The zero-order valence-electron chi connectivity index (χ0n) is 18.1. The van der Waals surface area contributed by atoms with E-state index >= 15 is 0 Å². The van der Waals surface area contributed by atoms with Gasteiger partial charge in [-0.3, -0.25) is 0 Å². The van der Waals surface area contributed by atoms with E-state index in [-0.39, 0.29) is 18.8 Å². The fraction of sp³-hybridized carbons (Fsp3) is 0.346. The van der Waals surface area contributed by atoms with Gasteiger partial charge < -0.3 is 25.2 Å². The summed E-state index contributed by atoms with van der Waals surface area (Å²) in [6.45, 7) is 1.47. The van der Waals surface area contributed by atoms with Crippen molar-refractivity contribution in [3.05, 3.63) is 72.3 Å². The first-order valence-corrected chi connectivity index (χ1v) is 11.0. The van der Waals surface area contributed by atoms with Gasteiger partial charge in [0.15, 0.2) is 0 Å². The predicted octanol–water partition coefficient (Wildman–Crippen LogP) is 3.51. The molecule has 0 spiro atoms. The Hall–Kier alpha value is -3.11. The second-order valence-electron chi connectivity index (χ2n) is 8.24. The van der Waals surface area contributed by atoms with Crippen molar-refractivity contribution in [1.29, 1.82) is 0 Å². The topological polar surface area (TPSA) is 90.5 Å². The van der Waals surface area contributed by atoms with Crippen LogP contribution in [0.1, 0.15) is 49.7 Å². The Balaban J connectivity index is 1.44. The number of nitrogens with one attached hydrogen (secondary N) is 1. The molecule has 0 aliphatic heterocycles. The number of rotatable bonds is 6. The number of benzene rings is 2. The lowest BCUT2D eigenvalue weighted by molar-refractivity contribution is 0.172. The highest BCUT2D eigenvalue weighted by Crippen LogP contribution is 2.26. The fourth-order valence-electron chi connectivity index (χ4n) is 4.11. The first-order chi connectivity index (χ1) is 15.5. The van der Waals surface area contributed by atoms with Gasteiger partial charge in [-0.15, -0.1) is 0 Å². The molecule has 0 amide bonds. The Morgan fingerprint density at radius 1 is 1.09 bits per heavy atom. The summed E-state index contributed by atoms with van der Waals surface area (Å²) in [6.07, 6.45) is 5.25. The van der Waals surface area contributed by atoms with E-state index in [0.29, 0.717) is 5.82 Å². The van der Waals surface area contributed by atoms with E-state index in [0.717, 1.165) is 41.6 Å². The van der Waals surface area contributed by atoms with Gasteiger partial charge in [0.2, 0.25) is 0 Å². The normalized spacial score (nSPS) is 19.8. The molecule has 6 nitrogen and oxygen atoms in total. The predicted molar refractivity (Wildman–Crippen MR) is 125 cm³/mol. The van der Waals surface area contributed by atoms with E-state index < -0.39 is 12.1 Å². The molecule has 0 radical (unpaired) electrons. The van der Waals surface area contributed by atoms with Gasteiger partial charge >= 0.3 is 0 Å². The third-order valence-electron chi connectivity index (χ3n) is 5.90. The molecule has 166 valence electrons. The monoisotopic (exact) mass is 431 g/mol. The van der Waals surface area contributed by atoms with Crippen LogP contribution in [0.15, 0.2) is 60.9 Å². The molecule has 1 heterocycles. The SMILES string of the molecule is C[C@H](O)c1nccn1[C@@H](C#Cc1ccc(-c2ccc(N[C@H]3CCC[C@@H]3O)cc2)cc1)CO.